The van der Waals surface area contributed by atoms with Crippen LogP contribution in [0.3, 0.4) is 0 Å². The predicted molar refractivity (Wildman–Crippen MR) is 129 cm³/mol. The Hall–Kier alpha value is -3.49. The summed E-state index contributed by atoms with van der Waals surface area (Å²) >= 11 is 0. The Morgan fingerprint density at radius 2 is 2.00 bits per heavy atom. The second-order valence-electron chi connectivity index (χ2n) is 8.80. The number of ether oxygens (including phenoxy) is 1. The second kappa shape index (κ2) is 8.70. The van der Waals surface area contributed by atoms with E-state index in [4.69, 9.17) is 9.73 Å². The maximum atomic E-state index is 13.6. The van der Waals surface area contributed by atoms with Crippen LogP contribution in [0.25, 0.3) is 11.8 Å². The van der Waals surface area contributed by atoms with Crippen LogP contribution in [0.2, 0.25) is 0 Å². The van der Waals surface area contributed by atoms with Crippen molar-refractivity contribution in [3.05, 3.63) is 83.2 Å². The number of aryl methyl sites for hydroxylation is 1. The third-order valence-electron chi connectivity index (χ3n) is 6.61. The largest absolute Gasteiger partial charge is 0.495 e. The molecule has 1 aromatic heterocycles. The number of rotatable bonds is 5. The Morgan fingerprint density at radius 1 is 1.21 bits per heavy atom. The van der Waals surface area contributed by atoms with E-state index in [1.165, 1.54) is 12.1 Å². The lowest BCUT2D eigenvalue weighted by Crippen LogP contribution is -2.59. The second-order valence-corrected chi connectivity index (χ2v) is 8.80. The zero-order chi connectivity index (χ0) is 23.9. The number of imidazole rings is 1. The smallest absolute Gasteiger partial charge is 0.143 e. The van der Waals surface area contributed by atoms with E-state index in [-0.39, 0.29) is 12.4 Å². The average Bonchev–Trinajstić information content (AvgIpc) is 3.46. The molecule has 5 rings (SSSR count). The van der Waals surface area contributed by atoms with E-state index in [2.05, 4.69) is 27.1 Å². The van der Waals surface area contributed by atoms with Crippen LogP contribution in [0, 0.1) is 12.7 Å². The van der Waals surface area contributed by atoms with Crippen molar-refractivity contribution in [2.24, 2.45) is 4.99 Å². The molecule has 1 unspecified atom stereocenters. The summed E-state index contributed by atoms with van der Waals surface area (Å²) in [5.74, 6) is 1.29. The van der Waals surface area contributed by atoms with Crippen molar-refractivity contribution in [3.63, 3.8) is 0 Å². The minimum atomic E-state index is -0.752. The van der Waals surface area contributed by atoms with E-state index in [0.717, 1.165) is 52.6 Å². The first-order valence-electron chi connectivity index (χ1n) is 11.3. The summed E-state index contributed by atoms with van der Waals surface area (Å²) < 4.78 is 21.2. The van der Waals surface area contributed by atoms with Crippen LogP contribution in [-0.4, -0.2) is 64.4 Å². The van der Waals surface area contributed by atoms with Crippen LogP contribution in [0.15, 0.2) is 65.6 Å². The first-order chi connectivity index (χ1) is 16.4. The molecule has 1 N–H and O–H groups in total. The van der Waals surface area contributed by atoms with E-state index in [9.17, 15) is 9.50 Å². The molecular weight excluding hydrogens is 433 g/mol. The molecule has 0 spiro atoms. The standard InChI is InChI=1S/C26H28FN5O2/c1-18-14-31(17-29-18)23-9-4-19(13-24(23)34-3)12-20-10-11-30(2)32-25(20)28-15-26(32,16-33)21-5-7-22(27)8-6-21/h4-9,12-14,17,33H,10-11,15-16H2,1-3H3/b20-12+. The van der Waals surface area contributed by atoms with Crippen LogP contribution in [0.5, 0.6) is 5.75 Å². The number of aliphatic hydroxyl groups is 1. The molecule has 3 aromatic rings. The predicted octanol–water partition coefficient (Wildman–Crippen LogP) is 3.56. The zero-order valence-corrected chi connectivity index (χ0v) is 19.6. The number of hydrogen-bond acceptors (Lipinski definition) is 6. The fraction of sp³-hybridized carbons (Fsp3) is 0.308. The number of benzene rings is 2. The van der Waals surface area contributed by atoms with Gasteiger partial charge >= 0.3 is 0 Å². The molecule has 0 radical (unpaired) electrons. The highest BCUT2D eigenvalue weighted by atomic mass is 19.1. The van der Waals surface area contributed by atoms with Gasteiger partial charge in [-0.3, -0.25) is 10.0 Å². The molecule has 2 aliphatic rings. The fourth-order valence-electron chi connectivity index (χ4n) is 4.83. The van der Waals surface area contributed by atoms with Gasteiger partial charge in [-0.15, -0.1) is 0 Å². The first kappa shape index (κ1) is 22.3. The number of aromatic nitrogens is 2. The van der Waals surface area contributed by atoms with Crippen molar-refractivity contribution in [2.75, 3.05) is 33.9 Å². The van der Waals surface area contributed by atoms with Gasteiger partial charge in [0.25, 0.3) is 0 Å². The van der Waals surface area contributed by atoms with Crippen LogP contribution in [0.4, 0.5) is 4.39 Å². The summed E-state index contributed by atoms with van der Waals surface area (Å²) in [6.07, 6.45) is 6.68. The van der Waals surface area contributed by atoms with Gasteiger partial charge in [0.2, 0.25) is 0 Å². The van der Waals surface area contributed by atoms with E-state index >= 15 is 0 Å². The third kappa shape index (κ3) is 3.69. The molecule has 2 aliphatic heterocycles. The number of methoxy groups -OCH3 is 1. The molecule has 0 amide bonds. The maximum Gasteiger partial charge on any atom is 0.143 e. The molecule has 34 heavy (non-hydrogen) atoms. The van der Waals surface area contributed by atoms with Gasteiger partial charge in [-0.25, -0.2) is 14.4 Å². The van der Waals surface area contributed by atoms with Crippen molar-refractivity contribution in [1.29, 1.82) is 0 Å². The lowest BCUT2D eigenvalue weighted by Gasteiger charge is -2.47. The summed E-state index contributed by atoms with van der Waals surface area (Å²) in [4.78, 5) is 9.16. The third-order valence-corrected chi connectivity index (χ3v) is 6.61. The van der Waals surface area contributed by atoms with Crippen molar-refractivity contribution in [1.82, 2.24) is 19.6 Å². The number of aliphatic imine (C=N–C) groups is 1. The average molecular weight is 462 g/mol. The molecule has 8 heteroatoms. The molecule has 1 saturated heterocycles. The number of halogens is 1. The number of amidine groups is 1. The van der Waals surface area contributed by atoms with Gasteiger partial charge in [0.15, 0.2) is 0 Å². The van der Waals surface area contributed by atoms with Gasteiger partial charge in [-0.2, -0.15) is 0 Å². The highest BCUT2D eigenvalue weighted by molar-refractivity contribution is 6.04. The molecule has 0 bridgehead atoms. The van der Waals surface area contributed by atoms with E-state index in [0.29, 0.717) is 6.54 Å². The van der Waals surface area contributed by atoms with E-state index in [1.54, 1.807) is 25.6 Å². The molecule has 1 atom stereocenters. The minimum absolute atomic E-state index is 0.129. The Labute approximate surface area is 198 Å². The van der Waals surface area contributed by atoms with E-state index < -0.39 is 5.54 Å². The van der Waals surface area contributed by atoms with Crippen molar-refractivity contribution in [2.45, 2.75) is 18.9 Å². The summed E-state index contributed by atoms with van der Waals surface area (Å²) in [5.41, 5.74) is 4.03. The first-order valence-corrected chi connectivity index (χ1v) is 11.3. The highest BCUT2D eigenvalue weighted by Gasteiger charge is 2.48. The highest BCUT2D eigenvalue weighted by Crippen LogP contribution is 2.39. The zero-order valence-electron chi connectivity index (χ0n) is 19.6. The van der Waals surface area contributed by atoms with Crippen molar-refractivity contribution >= 4 is 11.9 Å². The van der Waals surface area contributed by atoms with Crippen LogP contribution >= 0.6 is 0 Å². The van der Waals surface area contributed by atoms with Crippen LogP contribution < -0.4 is 4.74 Å². The monoisotopic (exact) mass is 461 g/mol. The summed E-state index contributed by atoms with van der Waals surface area (Å²) in [7, 11) is 3.66. The van der Waals surface area contributed by atoms with Crippen molar-refractivity contribution < 1.29 is 14.2 Å². The summed E-state index contributed by atoms with van der Waals surface area (Å²) in [5, 5.41) is 14.7. The number of nitrogens with zero attached hydrogens (tertiary/aromatic N) is 5. The number of hydrogen-bond donors (Lipinski definition) is 1. The fourth-order valence-corrected chi connectivity index (χ4v) is 4.83. The van der Waals surface area contributed by atoms with Gasteiger partial charge in [0, 0.05) is 19.8 Å². The number of fused-ring (bicyclic) bond motifs is 1. The maximum absolute atomic E-state index is 13.6. The number of aliphatic hydroxyl groups excluding tert-OH is 1. The van der Waals surface area contributed by atoms with Gasteiger partial charge in [-0.1, -0.05) is 18.2 Å². The molecule has 176 valence electrons. The molecule has 2 aromatic carbocycles. The minimum Gasteiger partial charge on any atom is -0.495 e. The Kier molecular flexibility index (Phi) is 5.71. The normalized spacial score (nSPS) is 21.6. The quantitative estimate of drug-likeness (QED) is 0.629. The Bertz CT molecular complexity index is 1270. The lowest BCUT2D eigenvalue weighted by molar-refractivity contribution is -0.0471. The molecule has 0 aliphatic carbocycles. The summed E-state index contributed by atoms with van der Waals surface area (Å²) in [6, 6.07) is 12.4. The summed E-state index contributed by atoms with van der Waals surface area (Å²) in [6.45, 7) is 3.00. The van der Waals surface area contributed by atoms with Gasteiger partial charge < -0.3 is 14.4 Å². The van der Waals surface area contributed by atoms with Gasteiger partial charge in [0.05, 0.1) is 38.0 Å². The molecule has 3 heterocycles. The Morgan fingerprint density at radius 3 is 2.68 bits per heavy atom. The van der Waals surface area contributed by atoms with Gasteiger partial charge in [0.1, 0.15) is 22.9 Å². The van der Waals surface area contributed by atoms with E-state index in [1.807, 2.05) is 36.9 Å². The van der Waals surface area contributed by atoms with Crippen molar-refractivity contribution in [3.8, 4) is 11.4 Å². The lowest BCUT2D eigenvalue weighted by atomic mass is 9.89. The molecular formula is C26H28FN5O2. The molecule has 1 fully saturated rings. The topological polar surface area (TPSA) is 66.1 Å². The number of hydrazine groups is 1. The van der Waals surface area contributed by atoms with Crippen LogP contribution in [0.1, 0.15) is 23.2 Å². The SMILES string of the molecule is COc1cc(/C=C2\CCN(C)N3C2=NCC3(CO)c2ccc(F)cc2)ccc1-n1cnc(C)c1. The van der Waals surface area contributed by atoms with Gasteiger partial charge in [-0.05, 0) is 60.4 Å². The molecule has 0 saturated carbocycles. The molecule has 7 nitrogen and oxygen atoms in total. The Balaban J connectivity index is 1.50. The van der Waals surface area contributed by atoms with Crippen LogP contribution in [-0.2, 0) is 5.54 Å².